The zero-order chi connectivity index (χ0) is 15.1. The molecule has 0 saturated carbocycles. The minimum atomic E-state index is -0.453. The van der Waals surface area contributed by atoms with Crippen LogP contribution < -0.4 is 10.1 Å². The lowest BCUT2D eigenvalue weighted by Crippen LogP contribution is -2.27. The first-order valence-electron chi connectivity index (χ1n) is 6.63. The molecular weight excluding hydrogens is 258 g/mol. The fraction of sp³-hybridized carbons (Fsp3) is 0.467. The smallest absolute Gasteiger partial charge is 0.412 e. The van der Waals surface area contributed by atoms with E-state index in [0.717, 1.165) is 23.1 Å². The number of carbonyl (C=O) groups excluding carboxylic acids is 2. The van der Waals surface area contributed by atoms with E-state index in [1.807, 2.05) is 32.9 Å². The second kappa shape index (κ2) is 7.53. The second-order valence-corrected chi connectivity index (χ2v) is 4.66. The standard InChI is InChI=1S/C15H21NO4/c1-5-6-16-15(18)20-14-10(2)7-13(8-11(14)3)9-19-12(4)17/h7-8H,5-6,9H2,1-4H3,(H,16,18). The summed E-state index contributed by atoms with van der Waals surface area (Å²) < 4.78 is 10.3. The van der Waals surface area contributed by atoms with Crippen LogP contribution in [0.25, 0.3) is 0 Å². The van der Waals surface area contributed by atoms with Crippen molar-refractivity contribution >= 4 is 12.1 Å². The van der Waals surface area contributed by atoms with E-state index < -0.39 is 6.09 Å². The van der Waals surface area contributed by atoms with Crippen LogP contribution in [0.1, 0.15) is 37.0 Å². The van der Waals surface area contributed by atoms with Gasteiger partial charge in [0.1, 0.15) is 12.4 Å². The van der Waals surface area contributed by atoms with Crippen molar-refractivity contribution in [3.63, 3.8) is 0 Å². The Kier molecular flexibility index (Phi) is 6.03. The highest BCUT2D eigenvalue weighted by atomic mass is 16.6. The average molecular weight is 279 g/mol. The van der Waals surface area contributed by atoms with Gasteiger partial charge in [-0.15, -0.1) is 0 Å². The van der Waals surface area contributed by atoms with Gasteiger partial charge in [0.2, 0.25) is 0 Å². The molecule has 20 heavy (non-hydrogen) atoms. The largest absolute Gasteiger partial charge is 0.461 e. The highest BCUT2D eigenvalue weighted by Crippen LogP contribution is 2.25. The molecule has 1 N–H and O–H groups in total. The summed E-state index contributed by atoms with van der Waals surface area (Å²) in [5.74, 6) is 0.227. The molecule has 0 heterocycles. The molecule has 0 fully saturated rings. The maximum Gasteiger partial charge on any atom is 0.412 e. The monoisotopic (exact) mass is 279 g/mol. The Balaban J connectivity index is 2.78. The molecule has 0 radical (unpaired) electrons. The molecule has 0 bridgehead atoms. The van der Waals surface area contributed by atoms with Crippen molar-refractivity contribution in [1.82, 2.24) is 5.32 Å². The summed E-state index contributed by atoms with van der Waals surface area (Å²) in [5.41, 5.74) is 2.54. The molecule has 0 saturated heterocycles. The molecule has 0 aliphatic heterocycles. The molecule has 1 aromatic rings. The van der Waals surface area contributed by atoms with Crippen molar-refractivity contribution in [3.8, 4) is 5.75 Å². The van der Waals surface area contributed by atoms with Crippen LogP contribution in [-0.4, -0.2) is 18.6 Å². The van der Waals surface area contributed by atoms with E-state index in [0.29, 0.717) is 12.3 Å². The van der Waals surface area contributed by atoms with Crippen molar-refractivity contribution in [2.24, 2.45) is 0 Å². The number of esters is 1. The van der Waals surface area contributed by atoms with Crippen molar-refractivity contribution in [2.75, 3.05) is 6.54 Å². The number of aryl methyl sites for hydroxylation is 2. The third kappa shape index (κ3) is 4.91. The van der Waals surface area contributed by atoms with E-state index in [1.165, 1.54) is 6.92 Å². The second-order valence-electron chi connectivity index (χ2n) is 4.66. The SMILES string of the molecule is CCCNC(=O)Oc1c(C)cc(COC(C)=O)cc1C. The molecule has 1 aromatic carbocycles. The Morgan fingerprint density at radius 3 is 2.30 bits per heavy atom. The van der Waals surface area contributed by atoms with Crippen LogP contribution in [0.2, 0.25) is 0 Å². The third-order valence-corrected chi connectivity index (χ3v) is 2.68. The van der Waals surface area contributed by atoms with E-state index in [1.54, 1.807) is 0 Å². The number of hydrogen-bond donors (Lipinski definition) is 1. The van der Waals surface area contributed by atoms with Gasteiger partial charge in [-0.05, 0) is 49.1 Å². The summed E-state index contributed by atoms with van der Waals surface area (Å²) in [6.07, 6.45) is 0.403. The number of rotatable bonds is 5. The van der Waals surface area contributed by atoms with E-state index in [-0.39, 0.29) is 12.6 Å². The molecule has 0 atom stereocenters. The van der Waals surface area contributed by atoms with Gasteiger partial charge in [0.15, 0.2) is 0 Å². The van der Waals surface area contributed by atoms with Crippen LogP contribution in [-0.2, 0) is 16.1 Å². The molecular formula is C15H21NO4. The van der Waals surface area contributed by atoms with E-state index >= 15 is 0 Å². The lowest BCUT2D eigenvalue weighted by molar-refractivity contribution is -0.142. The van der Waals surface area contributed by atoms with Crippen LogP contribution in [0.3, 0.4) is 0 Å². The van der Waals surface area contributed by atoms with E-state index in [4.69, 9.17) is 9.47 Å². The summed E-state index contributed by atoms with van der Waals surface area (Å²) in [4.78, 5) is 22.4. The number of nitrogens with one attached hydrogen (secondary N) is 1. The molecule has 0 spiro atoms. The highest BCUT2D eigenvalue weighted by molar-refractivity contribution is 5.71. The first-order chi connectivity index (χ1) is 9.43. The molecule has 0 unspecified atom stereocenters. The molecule has 0 aliphatic rings. The summed E-state index contributed by atoms with van der Waals surface area (Å²) in [5, 5.41) is 2.66. The number of carbonyl (C=O) groups is 2. The molecule has 5 heteroatoms. The Bertz CT molecular complexity index is 474. The Morgan fingerprint density at radius 1 is 1.20 bits per heavy atom. The predicted molar refractivity (Wildman–Crippen MR) is 75.7 cm³/mol. The van der Waals surface area contributed by atoms with Gasteiger partial charge in [-0.3, -0.25) is 4.79 Å². The Hall–Kier alpha value is -2.04. The molecule has 5 nitrogen and oxygen atoms in total. The maximum absolute atomic E-state index is 11.6. The van der Waals surface area contributed by atoms with E-state index in [9.17, 15) is 9.59 Å². The van der Waals surface area contributed by atoms with E-state index in [2.05, 4.69) is 5.32 Å². The average Bonchev–Trinajstić information content (AvgIpc) is 2.38. The molecule has 110 valence electrons. The van der Waals surface area contributed by atoms with Gasteiger partial charge in [-0.1, -0.05) is 6.92 Å². The summed E-state index contributed by atoms with van der Waals surface area (Å²) in [6.45, 7) is 7.86. The minimum absolute atomic E-state index is 0.222. The van der Waals surface area contributed by atoms with Crippen molar-refractivity contribution < 1.29 is 19.1 Å². The fourth-order valence-corrected chi connectivity index (χ4v) is 1.83. The molecule has 0 aromatic heterocycles. The minimum Gasteiger partial charge on any atom is -0.461 e. The fourth-order valence-electron chi connectivity index (χ4n) is 1.83. The highest BCUT2D eigenvalue weighted by Gasteiger charge is 2.11. The zero-order valence-electron chi connectivity index (χ0n) is 12.4. The number of benzene rings is 1. The van der Waals surface area contributed by atoms with Gasteiger partial charge in [0, 0.05) is 13.5 Å². The first kappa shape index (κ1) is 16.0. The van der Waals surface area contributed by atoms with Crippen LogP contribution in [0.4, 0.5) is 4.79 Å². The number of ether oxygens (including phenoxy) is 2. The molecule has 0 aliphatic carbocycles. The predicted octanol–water partition coefficient (Wildman–Crippen LogP) is 2.86. The first-order valence-corrected chi connectivity index (χ1v) is 6.63. The van der Waals surface area contributed by atoms with Crippen LogP contribution in [0, 0.1) is 13.8 Å². The number of amides is 1. The lowest BCUT2D eigenvalue weighted by atomic mass is 10.1. The molecule has 1 amide bonds. The Labute approximate surface area is 119 Å². The van der Waals surface area contributed by atoms with Crippen LogP contribution in [0.5, 0.6) is 5.75 Å². The van der Waals surface area contributed by atoms with Gasteiger partial charge < -0.3 is 14.8 Å². The van der Waals surface area contributed by atoms with Crippen LogP contribution >= 0.6 is 0 Å². The zero-order valence-corrected chi connectivity index (χ0v) is 12.4. The van der Waals surface area contributed by atoms with Gasteiger partial charge >= 0.3 is 12.1 Å². The van der Waals surface area contributed by atoms with Gasteiger partial charge in [0.05, 0.1) is 0 Å². The van der Waals surface area contributed by atoms with Gasteiger partial charge in [-0.25, -0.2) is 4.79 Å². The van der Waals surface area contributed by atoms with Crippen molar-refractivity contribution in [2.45, 2.75) is 40.7 Å². The molecule has 1 rings (SSSR count). The quantitative estimate of drug-likeness (QED) is 0.842. The van der Waals surface area contributed by atoms with Gasteiger partial charge in [0.25, 0.3) is 0 Å². The maximum atomic E-state index is 11.6. The summed E-state index contributed by atoms with van der Waals surface area (Å²) in [7, 11) is 0. The summed E-state index contributed by atoms with van der Waals surface area (Å²) in [6, 6.07) is 3.69. The normalized spacial score (nSPS) is 10.0. The van der Waals surface area contributed by atoms with Gasteiger partial charge in [-0.2, -0.15) is 0 Å². The Morgan fingerprint density at radius 2 is 1.80 bits per heavy atom. The van der Waals surface area contributed by atoms with Crippen LogP contribution in [0.15, 0.2) is 12.1 Å². The lowest BCUT2D eigenvalue weighted by Gasteiger charge is -2.13. The number of hydrogen-bond acceptors (Lipinski definition) is 4. The van der Waals surface area contributed by atoms with Crippen molar-refractivity contribution in [1.29, 1.82) is 0 Å². The summed E-state index contributed by atoms with van der Waals surface area (Å²) >= 11 is 0. The van der Waals surface area contributed by atoms with Crippen molar-refractivity contribution in [3.05, 3.63) is 28.8 Å². The topological polar surface area (TPSA) is 64.6 Å². The third-order valence-electron chi connectivity index (χ3n) is 2.68.